The van der Waals surface area contributed by atoms with Crippen molar-refractivity contribution in [1.82, 2.24) is 0 Å². The van der Waals surface area contributed by atoms with Crippen molar-refractivity contribution < 1.29 is 0 Å². The molecule has 0 nitrogen and oxygen atoms in total. The normalized spacial score (nSPS) is 11.5. The minimum atomic E-state index is 1.05. The van der Waals surface area contributed by atoms with Crippen LogP contribution in [0.15, 0.2) is 109 Å². The van der Waals surface area contributed by atoms with Crippen LogP contribution in [0.1, 0.15) is 134 Å². The lowest BCUT2D eigenvalue weighted by Gasteiger charge is -2.29. The molecule has 0 heteroatoms. The Balaban J connectivity index is 1.50. The Hall–Kier alpha value is -5.46. The van der Waals surface area contributed by atoms with Crippen molar-refractivity contribution >= 4 is 0 Å². The fourth-order valence-corrected chi connectivity index (χ4v) is 11.8. The Kier molecular flexibility index (Phi) is 16.1. The summed E-state index contributed by atoms with van der Waals surface area (Å²) in [7, 11) is 0. The van der Waals surface area contributed by atoms with Crippen molar-refractivity contribution in [3.63, 3.8) is 0 Å². The standard InChI is InChI=1S/C66H78/c1-43-25-44(2)32-55(31-43)13-19-61-62(20-14-56-33-45(3)26-46(4)34-56)64(22-16-58-37-49(7)28-50(8)38-58)66(24-18-60-41-53(11)30-54(12)42-60)65(23-17-59-39-51(9)29-52(10)40-59)63(61)21-15-57-35-47(5)27-48(6)36-57/h25-42H,13-24H2,1-12H3. The van der Waals surface area contributed by atoms with Gasteiger partial charge in [-0.3, -0.25) is 0 Å². The molecule has 0 aromatic heterocycles. The maximum atomic E-state index is 2.44. The Morgan fingerprint density at radius 1 is 0.152 bits per heavy atom. The van der Waals surface area contributed by atoms with Crippen LogP contribution in [-0.2, 0) is 77.0 Å². The maximum Gasteiger partial charge on any atom is -0.0233 e. The van der Waals surface area contributed by atoms with E-state index in [9.17, 15) is 0 Å². The SMILES string of the molecule is Cc1cc(C)cc(CCc2c(CCc3cc(C)cc(C)c3)c(CCc3cc(C)cc(C)c3)c(CCc3cc(C)cc(C)c3)c(CCc3cc(C)cc(C)c3)c2CCc2cc(C)cc(C)c2)c1. The van der Waals surface area contributed by atoms with Gasteiger partial charge in [-0.1, -0.05) is 176 Å². The largest absolute Gasteiger partial charge is 0.0564 e. The quantitative estimate of drug-likeness (QED) is 0.0806. The van der Waals surface area contributed by atoms with E-state index in [0.717, 1.165) is 77.0 Å². The van der Waals surface area contributed by atoms with Gasteiger partial charge in [-0.25, -0.2) is 0 Å². The van der Waals surface area contributed by atoms with Crippen LogP contribution in [0.5, 0.6) is 0 Å². The summed E-state index contributed by atoms with van der Waals surface area (Å²) in [4.78, 5) is 0. The first-order chi connectivity index (χ1) is 31.5. The maximum absolute atomic E-state index is 2.44. The molecule has 0 atom stereocenters. The zero-order valence-electron chi connectivity index (χ0n) is 42.9. The van der Waals surface area contributed by atoms with E-state index in [1.54, 1.807) is 33.4 Å². The smallest absolute Gasteiger partial charge is 0.0233 e. The van der Waals surface area contributed by atoms with E-state index in [1.807, 2.05) is 0 Å². The highest BCUT2D eigenvalue weighted by Gasteiger charge is 2.24. The monoisotopic (exact) mass is 871 g/mol. The molecule has 0 saturated carbocycles. The molecule has 0 bridgehead atoms. The molecule has 0 aliphatic carbocycles. The number of hydrogen-bond donors (Lipinski definition) is 0. The van der Waals surface area contributed by atoms with Crippen LogP contribution in [0.2, 0.25) is 0 Å². The highest BCUT2D eigenvalue weighted by atomic mass is 14.3. The van der Waals surface area contributed by atoms with E-state index in [-0.39, 0.29) is 0 Å². The molecule has 0 heterocycles. The molecule has 0 N–H and O–H groups in total. The third kappa shape index (κ3) is 13.3. The topological polar surface area (TPSA) is 0 Å². The molecule has 0 fully saturated rings. The molecule has 0 unspecified atom stereocenters. The molecule has 0 amide bonds. The summed E-state index contributed by atoms with van der Waals surface area (Å²) in [6.07, 6.45) is 12.6. The second-order valence-electron chi connectivity index (χ2n) is 20.8. The van der Waals surface area contributed by atoms with Crippen molar-refractivity contribution in [1.29, 1.82) is 0 Å². The molecule has 0 radical (unpaired) electrons. The molecule has 7 aromatic carbocycles. The van der Waals surface area contributed by atoms with E-state index in [0.29, 0.717) is 0 Å². The number of benzene rings is 7. The average molecular weight is 871 g/mol. The molecule has 66 heavy (non-hydrogen) atoms. The molecular formula is C66H78. The third-order valence-corrected chi connectivity index (χ3v) is 13.9. The Morgan fingerprint density at radius 3 is 0.364 bits per heavy atom. The lowest BCUT2D eigenvalue weighted by Crippen LogP contribution is -2.18. The fourth-order valence-electron chi connectivity index (χ4n) is 11.8. The number of hydrogen-bond acceptors (Lipinski definition) is 0. The molecule has 0 saturated heterocycles. The predicted molar refractivity (Wildman–Crippen MR) is 286 cm³/mol. The minimum Gasteiger partial charge on any atom is -0.0564 e. The molecule has 0 spiro atoms. The van der Waals surface area contributed by atoms with Crippen molar-refractivity contribution in [2.24, 2.45) is 0 Å². The first-order valence-corrected chi connectivity index (χ1v) is 25.1. The summed E-state index contributed by atoms with van der Waals surface area (Å²) in [5.41, 5.74) is 34.9. The molecule has 0 aliphatic rings. The summed E-state index contributed by atoms with van der Waals surface area (Å²) in [6, 6.07) is 43.3. The average Bonchev–Trinajstić information content (AvgIpc) is 3.20. The van der Waals surface area contributed by atoms with Gasteiger partial charge in [0, 0.05) is 0 Å². The highest BCUT2D eigenvalue weighted by molar-refractivity contribution is 5.55. The summed E-state index contributed by atoms with van der Waals surface area (Å²) in [5.74, 6) is 0. The van der Waals surface area contributed by atoms with Crippen molar-refractivity contribution in [3.8, 4) is 0 Å². The minimum absolute atomic E-state index is 1.05. The van der Waals surface area contributed by atoms with Gasteiger partial charge < -0.3 is 0 Å². The Bertz CT molecular complexity index is 2180. The van der Waals surface area contributed by atoms with Gasteiger partial charge in [0.2, 0.25) is 0 Å². The Labute approximate surface area is 401 Å². The summed E-state index contributed by atoms with van der Waals surface area (Å²) < 4.78 is 0. The summed E-state index contributed by atoms with van der Waals surface area (Å²) >= 11 is 0. The van der Waals surface area contributed by atoms with Crippen LogP contribution in [0, 0.1) is 83.1 Å². The Morgan fingerprint density at radius 2 is 0.258 bits per heavy atom. The first-order valence-electron chi connectivity index (χ1n) is 25.1. The number of aryl methyl sites for hydroxylation is 18. The van der Waals surface area contributed by atoms with Gasteiger partial charge in [-0.05, 0) is 227 Å². The van der Waals surface area contributed by atoms with E-state index in [2.05, 4.69) is 192 Å². The number of rotatable bonds is 18. The van der Waals surface area contributed by atoms with Gasteiger partial charge in [0.1, 0.15) is 0 Å². The van der Waals surface area contributed by atoms with Gasteiger partial charge in [0.15, 0.2) is 0 Å². The molecule has 342 valence electrons. The van der Waals surface area contributed by atoms with Crippen molar-refractivity contribution in [2.45, 2.75) is 160 Å². The highest BCUT2D eigenvalue weighted by Crippen LogP contribution is 2.36. The van der Waals surface area contributed by atoms with Crippen LogP contribution < -0.4 is 0 Å². The lowest BCUT2D eigenvalue weighted by molar-refractivity contribution is 0.776. The van der Waals surface area contributed by atoms with Crippen LogP contribution in [0.3, 0.4) is 0 Å². The van der Waals surface area contributed by atoms with Gasteiger partial charge in [0.25, 0.3) is 0 Å². The van der Waals surface area contributed by atoms with Crippen LogP contribution in [0.4, 0.5) is 0 Å². The molecule has 7 rings (SSSR count). The lowest BCUT2D eigenvalue weighted by atomic mass is 9.76. The molecule has 0 aliphatic heterocycles. The second kappa shape index (κ2) is 21.9. The second-order valence-corrected chi connectivity index (χ2v) is 20.8. The third-order valence-electron chi connectivity index (χ3n) is 13.9. The van der Waals surface area contributed by atoms with E-state index in [4.69, 9.17) is 0 Å². The molecule has 7 aromatic rings. The van der Waals surface area contributed by atoms with Crippen LogP contribution >= 0.6 is 0 Å². The fraction of sp³-hybridized carbons (Fsp3) is 0.364. The van der Waals surface area contributed by atoms with Gasteiger partial charge >= 0.3 is 0 Å². The van der Waals surface area contributed by atoms with E-state index >= 15 is 0 Å². The van der Waals surface area contributed by atoms with Gasteiger partial charge in [-0.2, -0.15) is 0 Å². The predicted octanol–water partition coefficient (Wildman–Crippen LogP) is 16.1. The zero-order valence-corrected chi connectivity index (χ0v) is 42.9. The van der Waals surface area contributed by atoms with E-state index in [1.165, 1.54) is 100 Å². The van der Waals surface area contributed by atoms with Gasteiger partial charge in [0.05, 0.1) is 0 Å². The first kappa shape index (κ1) is 48.5. The van der Waals surface area contributed by atoms with Crippen LogP contribution in [0.25, 0.3) is 0 Å². The van der Waals surface area contributed by atoms with Crippen LogP contribution in [-0.4, -0.2) is 0 Å². The van der Waals surface area contributed by atoms with Gasteiger partial charge in [-0.15, -0.1) is 0 Å². The van der Waals surface area contributed by atoms with Crippen molar-refractivity contribution in [3.05, 3.63) is 243 Å². The summed E-state index contributed by atoms with van der Waals surface area (Å²) in [5, 5.41) is 0. The summed E-state index contributed by atoms with van der Waals surface area (Å²) in [6.45, 7) is 27.2. The van der Waals surface area contributed by atoms with Crippen molar-refractivity contribution in [2.75, 3.05) is 0 Å². The van der Waals surface area contributed by atoms with E-state index < -0.39 is 0 Å². The molecular weight excluding hydrogens is 793 g/mol. The zero-order chi connectivity index (χ0) is 47.1.